The van der Waals surface area contributed by atoms with E-state index in [1.54, 1.807) is 19.1 Å². The van der Waals surface area contributed by atoms with Crippen LogP contribution in [-0.2, 0) is 16.1 Å². The topological polar surface area (TPSA) is 113 Å². The number of aliphatic hydroxyl groups is 4. The minimum absolute atomic E-state index is 0.0190. The van der Waals surface area contributed by atoms with E-state index in [4.69, 9.17) is 13.9 Å². The monoisotopic (exact) mass is 260 g/mol. The second-order valence-electron chi connectivity index (χ2n) is 4.19. The molecule has 2 heterocycles. The number of hydrogen-bond acceptors (Lipinski definition) is 7. The van der Waals surface area contributed by atoms with Gasteiger partial charge in [-0.2, -0.15) is 0 Å². The maximum Gasteiger partial charge on any atom is 0.189 e. The molecule has 0 spiro atoms. The smallest absolute Gasteiger partial charge is 0.189 e. The lowest BCUT2D eigenvalue weighted by Crippen LogP contribution is -2.58. The minimum atomic E-state index is -1.60. The van der Waals surface area contributed by atoms with Gasteiger partial charge in [-0.15, -0.1) is 0 Å². The predicted molar refractivity (Wildman–Crippen MR) is 57.1 cm³/mol. The van der Waals surface area contributed by atoms with Crippen LogP contribution in [-0.4, -0.2) is 51.3 Å². The molecule has 1 aliphatic heterocycles. The molecule has 1 aromatic heterocycles. The van der Waals surface area contributed by atoms with Gasteiger partial charge in [0.05, 0.1) is 0 Å². The van der Waals surface area contributed by atoms with Crippen LogP contribution >= 0.6 is 0 Å². The SMILES string of the molecule is Cc1ccc(CO[C@H]2O[C@H](O)[C@@H](O)[C@H](O)[C@H]2O)o1. The van der Waals surface area contributed by atoms with E-state index in [0.29, 0.717) is 11.5 Å². The second kappa shape index (κ2) is 5.35. The second-order valence-corrected chi connectivity index (χ2v) is 4.19. The summed E-state index contributed by atoms with van der Waals surface area (Å²) in [5, 5.41) is 37.6. The van der Waals surface area contributed by atoms with Crippen LogP contribution in [0.4, 0.5) is 0 Å². The molecule has 0 bridgehead atoms. The van der Waals surface area contributed by atoms with Gasteiger partial charge in [-0.05, 0) is 19.1 Å². The fraction of sp³-hybridized carbons (Fsp3) is 0.636. The van der Waals surface area contributed by atoms with Gasteiger partial charge in [-0.3, -0.25) is 0 Å². The molecule has 7 nitrogen and oxygen atoms in total. The zero-order valence-corrected chi connectivity index (χ0v) is 9.76. The number of hydrogen-bond donors (Lipinski definition) is 4. The van der Waals surface area contributed by atoms with Crippen LogP contribution in [0.25, 0.3) is 0 Å². The van der Waals surface area contributed by atoms with E-state index in [0.717, 1.165) is 0 Å². The van der Waals surface area contributed by atoms with Gasteiger partial charge in [0.15, 0.2) is 12.6 Å². The molecule has 2 rings (SSSR count). The van der Waals surface area contributed by atoms with E-state index in [9.17, 15) is 20.4 Å². The summed E-state index contributed by atoms with van der Waals surface area (Å²) in [4.78, 5) is 0. The first kappa shape index (κ1) is 13.5. The van der Waals surface area contributed by atoms with Gasteiger partial charge in [-0.25, -0.2) is 0 Å². The third-order valence-electron chi connectivity index (χ3n) is 2.73. The van der Waals surface area contributed by atoms with Crippen molar-refractivity contribution in [2.45, 2.75) is 44.4 Å². The molecule has 0 unspecified atom stereocenters. The van der Waals surface area contributed by atoms with Crippen molar-refractivity contribution in [2.75, 3.05) is 0 Å². The molecule has 0 saturated carbocycles. The van der Waals surface area contributed by atoms with E-state index in [1.165, 1.54) is 0 Å². The highest BCUT2D eigenvalue weighted by Crippen LogP contribution is 2.21. The number of ether oxygens (including phenoxy) is 2. The maximum absolute atomic E-state index is 9.61. The first-order chi connectivity index (χ1) is 8.49. The molecule has 0 amide bonds. The average molecular weight is 260 g/mol. The Bertz CT molecular complexity index is 390. The fourth-order valence-electron chi connectivity index (χ4n) is 1.69. The summed E-state index contributed by atoms with van der Waals surface area (Å²) >= 11 is 0. The summed E-state index contributed by atoms with van der Waals surface area (Å²) in [6, 6.07) is 3.45. The Kier molecular flexibility index (Phi) is 4.00. The van der Waals surface area contributed by atoms with Gasteiger partial charge in [0.2, 0.25) is 0 Å². The molecule has 0 radical (unpaired) electrons. The fourth-order valence-corrected chi connectivity index (χ4v) is 1.69. The molecule has 1 saturated heterocycles. The number of rotatable bonds is 3. The molecule has 0 aliphatic carbocycles. The van der Waals surface area contributed by atoms with Crippen molar-refractivity contribution in [2.24, 2.45) is 0 Å². The molecular weight excluding hydrogens is 244 g/mol. The first-order valence-electron chi connectivity index (χ1n) is 5.53. The van der Waals surface area contributed by atoms with Crippen molar-refractivity contribution in [3.63, 3.8) is 0 Å². The Morgan fingerprint density at radius 1 is 1.11 bits per heavy atom. The number of aliphatic hydroxyl groups excluding tert-OH is 4. The quantitative estimate of drug-likeness (QED) is 0.543. The molecule has 0 aromatic carbocycles. The van der Waals surface area contributed by atoms with Crippen molar-refractivity contribution >= 4 is 0 Å². The van der Waals surface area contributed by atoms with E-state index < -0.39 is 30.9 Å². The highest BCUT2D eigenvalue weighted by atomic mass is 16.7. The van der Waals surface area contributed by atoms with E-state index >= 15 is 0 Å². The van der Waals surface area contributed by atoms with Gasteiger partial charge in [0.1, 0.15) is 36.4 Å². The van der Waals surface area contributed by atoms with Crippen LogP contribution in [0.5, 0.6) is 0 Å². The van der Waals surface area contributed by atoms with Crippen molar-refractivity contribution in [3.05, 3.63) is 23.7 Å². The van der Waals surface area contributed by atoms with Gasteiger partial charge >= 0.3 is 0 Å². The van der Waals surface area contributed by atoms with Gasteiger partial charge in [-0.1, -0.05) is 0 Å². The summed E-state index contributed by atoms with van der Waals surface area (Å²) < 4.78 is 15.3. The lowest BCUT2D eigenvalue weighted by molar-refractivity contribution is -0.343. The summed E-state index contributed by atoms with van der Waals surface area (Å²) in [6.45, 7) is 1.80. The van der Waals surface area contributed by atoms with E-state index in [1.807, 2.05) is 0 Å². The van der Waals surface area contributed by atoms with Crippen LogP contribution in [0, 0.1) is 6.92 Å². The van der Waals surface area contributed by atoms with E-state index in [2.05, 4.69) is 0 Å². The van der Waals surface area contributed by atoms with Gasteiger partial charge < -0.3 is 34.3 Å². The molecule has 5 atom stereocenters. The van der Waals surface area contributed by atoms with Crippen molar-refractivity contribution in [1.29, 1.82) is 0 Å². The molecule has 102 valence electrons. The van der Waals surface area contributed by atoms with Crippen LogP contribution in [0.3, 0.4) is 0 Å². The zero-order chi connectivity index (χ0) is 13.3. The summed E-state index contributed by atoms with van der Waals surface area (Å²) in [6.07, 6.45) is -7.38. The molecule has 1 fully saturated rings. The highest BCUT2D eigenvalue weighted by molar-refractivity contribution is 5.04. The van der Waals surface area contributed by atoms with Gasteiger partial charge in [0.25, 0.3) is 0 Å². The Morgan fingerprint density at radius 3 is 2.44 bits per heavy atom. The van der Waals surface area contributed by atoms with Crippen LogP contribution < -0.4 is 0 Å². The summed E-state index contributed by atoms with van der Waals surface area (Å²) in [7, 11) is 0. The Hall–Kier alpha value is -0.960. The molecule has 4 N–H and O–H groups in total. The van der Waals surface area contributed by atoms with Crippen LogP contribution in [0.1, 0.15) is 11.5 Å². The number of furan rings is 1. The molecule has 18 heavy (non-hydrogen) atoms. The highest BCUT2D eigenvalue weighted by Gasteiger charge is 2.43. The summed E-state index contributed by atoms with van der Waals surface area (Å²) in [5.74, 6) is 1.24. The third kappa shape index (κ3) is 2.72. The van der Waals surface area contributed by atoms with Gasteiger partial charge in [0, 0.05) is 0 Å². The summed E-state index contributed by atoms with van der Waals surface area (Å²) in [5.41, 5.74) is 0. The lowest BCUT2D eigenvalue weighted by atomic mass is 10.0. The van der Waals surface area contributed by atoms with E-state index in [-0.39, 0.29) is 6.61 Å². The molecule has 1 aliphatic rings. The van der Waals surface area contributed by atoms with Crippen LogP contribution in [0.2, 0.25) is 0 Å². The van der Waals surface area contributed by atoms with Crippen LogP contribution in [0.15, 0.2) is 16.5 Å². The third-order valence-corrected chi connectivity index (χ3v) is 2.73. The van der Waals surface area contributed by atoms with Crippen molar-refractivity contribution in [3.8, 4) is 0 Å². The lowest BCUT2D eigenvalue weighted by Gasteiger charge is -2.37. The Labute approximate surface area is 103 Å². The minimum Gasteiger partial charge on any atom is -0.464 e. The number of aryl methyl sites for hydroxylation is 1. The van der Waals surface area contributed by atoms with Crippen molar-refractivity contribution < 1.29 is 34.3 Å². The normalized spacial score (nSPS) is 36.8. The standard InChI is InChI=1S/C11H16O7/c1-5-2-3-6(17-5)4-16-11-9(14)7(12)8(13)10(15)18-11/h2-3,7-15H,4H2,1H3/t7-,8-,9+,10-,11-/m0/s1. The Morgan fingerprint density at radius 2 is 1.83 bits per heavy atom. The molecule has 1 aromatic rings. The molecule has 7 heteroatoms. The van der Waals surface area contributed by atoms with Crippen molar-refractivity contribution in [1.82, 2.24) is 0 Å². The largest absolute Gasteiger partial charge is 0.464 e. The zero-order valence-electron chi connectivity index (χ0n) is 9.76. The first-order valence-corrected chi connectivity index (χ1v) is 5.53. The maximum atomic E-state index is 9.61. The molecular formula is C11H16O7. The Balaban J connectivity index is 1.92. The predicted octanol–water partition coefficient (Wildman–Crippen LogP) is -1.14. The average Bonchev–Trinajstić information content (AvgIpc) is 2.75.